The number of hydrogen-bond acceptors (Lipinski definition) is 2. The van der Waals surface area contributed by atoms with Crippen molar-refractivity contribution in [2.45, 2.75) is 13.0 Å². The molecule has 13 heavy (non-hydrogen) atoms. The van der Waals surface area contributed by atoms with Crippen LogP contribution in [-0.4, -0.2) is 23.0 Å². The van der Waals surface area contributed by atoms with Crippen molar-refractivity contribution in [3.63, 3.8) is 0 Å². The maximum atomic E-state index is 3.49. The largest absolute Gasteiger partial charge is 0.364 e. The van der Waals surface area contributed by atoms with Crippen molar-refractivity contribution < 1.29 is 0 Å². The van der Waals surface area contributed by atoms with E-state index in [1.165, 1.54) is 30.2 Å². The highest BCUT2D eigenvalue weighted by Crippen LogP contribution is 2.22. The van der Waals surface area contributed by atoms with Gasteiger partial charge in [0.25, 0.3) is 0 Å². The van der Waals surface area contributed by atoms with Gasteiger partial charge in [-0.2, -0.15) is 11.8 Å². The number of rotatable bonds is 4. The van der Waals surface area contributed by atoms with Gasteiger partial charge >= 0.3 is 0 Å². The van der Waals surface area contributed by atoms with Gasteiger partial charge in [-0.1, -0.05) is 0 Å². The highest BCUT2D eigenvalue weighted by Gasteiger charge is 2.14. The smallest absolute Gasteiger partial charge is 0.0357 e. The third-order valence-corrected chi connectivity index (χ3v) is 3.67. The van der Waals surface area contributed by atoms with Crippen LogP contribution in [0.2, 0.25) is 0 Å². The summed E-state index contributed by atoms with van der Waals surface area (Å²) in [5.74, 6) is 3.60. The minimum Gasteiger partial charge on any atom is -0.364 e. The molecule has 0 amide bonds. The summed E-state index contributed by atoms with van der Waals surface area (Å²) in [5, 5.41) is 3.49. The second-order valence-corrected chi connectivity index (χ2v) is 4.71. The zero-order chi connectivity index (χ0) is 8.93. The van der Waals surface area contributed by atoms with E-state index in [0.29, 0.717) is 0 Å². The van der Waals surface area contributed by atoms with Crippen LogP contribution >= 0.6 is 11.8 Å². The first-order chi connectivity index (χ1) is 6.45. The van der Waals surface area contributed by atoms with Gasteiger partial charge in [0.1, 0.15) is 0 Å². The molecule has 0 spiro atoms. The molecule has 0 bridgehead atoms. The van der Waals surface area contributed by atoms with E-state index >= 15 is 0 Å². The molecule has 1 aliphatic heterocycles. The van der Waals surface area contributed by atoms with Crippen LogP contribution in [-0.2, 0) is 6.54 Å². The normalized spacial score (nSPS) is 22.3. The number of hydrogen-bond donors (Lipinski definition) is 2. The first kappa shape index (κ1) is 9.16. The Bertz CT molecular complexity index is 227. The molecule has 1 saturated heterocycles. The summed E-state index contributed by atoms with van der Waals surface area (Å²) in [7, 11) is 0. The van der Waals surface area contributed by atoms with Crippen molar-refractivity contribution >= 4 is 11.8 Å². The van der Waals surface area contributed by atoms with Crippen LogP contribution < -0.4 is 5.32 Å². The first-order valence-corrected chi connectivity index (χ1v) is 6.01. The molecule has 1 aromatic rings. The summed E-state index contributed by atoms with van der Waals surface area (Å²) in [6.07, 6.45) is 3.37. The summed E-state index contributed by atoms with van der Waals surface area (Å²) in [6.45, 7) is 2.15. The van der Waals surface area contributed by atoms with Gasteiger partial charge in [-0.05, 0) is 42.5 Å². The Morgan fingerprint density at radius 2 is 2.62 bits per heavy atom. The molecule has 1 aliphatic rings. The lowest BCUT2D eigenvalue weighted by molar-refractivity contribution is 0.521. The van der Waals surface area contributed by atoms with Crippen LogP contribution in [0, 0.1) is 5.92 Å². The van der Waals surface area contributed by atoms with Gasteiger partial charge in [0.2, 0.25) is 0 Å². The van der Waals surface area contributed by atoms with Crippen LogP contribution in [0.1, 0.15) is 12.1 Å². The van der Waals surface area contributed by atoms with Crippen LogP contribution in [0.3, 0.4) is 0 Å². The third-order valence-electron chi connectivity index (χ3n) is 2.43. The predicted octanol–water partition coefficient (Wildman–Crippen LogP) is 1.86. The molecule has 0 aliphatic carbocycles. The molecule has 1 unspecified atom stereocenters. The fourth-order valence-electron chi connectivity index (χ4n) is 1.63. The standard InChI is InChI=1S/C10H16N2S/c1-2-10(12-4-1)7-11-6-9-3-5-13-8-9/h1-2,4,9,11-12H,3,5-8H2. The lowest BCUT2D eigenvalue weighted by Gasteiger charge is -2.08. The molecule has 0 aromatic carbocycles. The second-order valence-electron chi connectivity index (χ2n) is 3.56. The topological polar surface area (TPSA) is 27.8 Å². The van der Waals surface area contributed by atoms with Crippen molar-refractivity contribution in [1.29, 1.82) is 0 Å². The van der Waals surface area contributed by atoms with E-state index in [9.17, 15) is 0 Å². The SMILES string of the molecule is c1c[nH]c(CNCC2CCSC2)c1. The summed E-state index contributed by atoms with van der Waals surface area (Å²) in [6, 6.07) is 4.17. The molecule has 2 heterocycles. The molecule has 1 aromatic heterocycles. The van der Waals surface area contributed by atoms with Crippen LogP contribution in [0.15, 0.2) is 18.3 Å². The van der Waals surface area contributed by atoms with Gasteiger partial charge in [-0.3, -0.25) is 0 Å². The predicted molar refractivity (Wildman–Crippen MR) is 57.9 cm³/mol. The average Bonchev–Trinajstić information content (AvgIpc) is 2.75. The van der Waals surface area contributed by atoms with E-state index in [0.717, 1.165) is 12.5 Å². The lowest BCUT2D eigenvalue weighted by Crippen LogP contribution is -2.22. The quantitative estimate of drug-likeness (QED) is 0.769. The molecule has 2 nitrogen and oxygen atoms in total. The lowest BCUT2D eigenvalue weighted by atomic mass is 10.1. The van der Waals surface area contributed by atoms with Gasteiger partial charge in [0.15, 0.2) is 0 Å². The fraction of sp³-hybridized carbons (Fsp3) is 0.600. The second kappa shape index (κ2) is 4.72. The number of aromatic amines is 1. The molecular formula is C10H16N2S. The van der Waals surface area contributed by atoms with E-state index < -0.39 is 0 Å². The van der Waals surface area contributed by atoms with E-state index in [1.807, 2.05) is 12.3 Å². The first-order valence-electron chi connectivity index (χ1n) is 4.86. The van der Waals surface area contributed by atoms with E-state index in [-0.39, 0.29) is 0 Å². The minimum absolute atomic E-state index is 0.903. The Kier molecular flexibility index (Phi) is 3.33. The van der Waals surface area contributed by atoms with Crippen molar-refractivity contribution in [2.75, 3.05) is 18.1 Å². The average molecular weight is 196 g/mol. The molecular weight excluding hydrogens is 180 g/mol. The highest BCUT2D eigenvalue weighted by molar-refractivity contribution is 7.99. The zero-order valence-electron chi connectivity index (χ0n) is 7.75. The molecule has 2 rings (SSSR count). The highest BCUT2D eigenvalue weighted by atomic mass is 32.2. The van der Waals surface area contributed by atoms with Gasteiger partial charge in [0.05, 0.1) is 0 Å². The summed E-state index contributed by atoms with van der Waals surface area (Å²) in [4.78, 5) is 3.19. The van der Waals surface area contributed by atoms with Crippen molar-refractivity contribution in [1.82, 2.24) is 10.3 Å². The van der Waals surface area contributed by atoms with E-state index in [2.05, 4.69) is 28.1 Å². The Labute approximate surface area is 83.5 Å². The third kappa shape index (κ3) is 2.78. The Balaban J connectivity index is 1.63. The summed E-state index contributed by atoms with van der Waals surface area (Å²) < 4.78 is 0. The number of H-pyrrole nitrogens is 1. The van der Waals surface area contributed by atoms with Gasteiger partial charge in [-0.25, -0.2) is 0 Å². The zero-order valence-corrected chi connectivity index (χ0v) is 8.57. The number of aromatic nitrogens is 1. The molecule has 3 heteroatoms. The van der Waals surface area contributed by atoms with E-state index in [1.54, 1.807) is 0 Å². The Morgan fingerprint density at radius 1 is 1.62 bits per heavy atom. The number of nitrogens with one attached hydrogen (secondary N) is 2. The Hall–Kier alpha value is -0.410. The van der Waals surface area contributed by atoms with Crippen LogP contribution in [0.4, 0.5) is 0 Å². The van der Waals surface area contributed by atoms with Gasteiger partial charge in [0, 0.05) is 18.4 Å². The van der Waals surface area contributed by atoms with Crippen molar-refractivity contribution in [2.24, 2.45) is 5.92 Å². The van der Waals surface area contributed by atoms with Crippen molar-refractivity contribution in [3.8, 4) is 0 Å². The van der Waals surface area contributed by atoms with Crippen LogP contribution in [0.25, 0.3) is 0 Å². The summed E-state index contributed by atoms with van der Waals surface area (Å²) >= 11 is 2.08. The van der Waals surface area contributed by atoms with Crippen molar-refractivity contribution in [3.05, 3.63) is 24.0 Å². The Morgan fingerprint density at radius 3 is 3.31 bits per heavy atom. The van der Waals surface area contributed by atoms with Gasteiger partial charge < -0.3 is 10.3 Å². The molecule has 1 atom stereocenters. The molecule has 0 radical (unpaired) electrons. The van der Waals surface area contributed by atoms with Crippen LogP contribution in [0.5, 0.6) is 0 Å². The molecule has 2 N–H and O–H groups in total. The maximum Gasteiger partial charge on any atom is 0.0357 e. The summed E-state index contributed by atoms with van der Waals surface area (Å²) in [5.41, 5.74) is 1.28. The van der Waals surface area contributed by atoms with Gasteiger partial charge in [-0.15, -0.1) is 0 Å². The molecule has 1 fully saturated rings. The maximum absolute atomic E-state index is 3.49. The fourth-order valence-corrected chi connectivity index (χ4v) is 2.92. The number of thioether (sulfide) groups is 1. The molecule has 72 valence electrons. The molecule has 0 saturated carbocycles. The minimum atomic E-state index is 0.903. The monoisotopic (exact) mass is 196 g/mol. The van der Waals surface area contributed by atoms with E-state index in [4.69, 9.17) is 0 Å².